The molecular weight excluding hydrogens is 413 g/mol. The summed E-state index contributed by atoms with van der Waals surface area (Å²) in [6.07, 6.45) is 11.0. The van der Waals surface area contributed by atoms with Crippen LogP contribution in [0.2, 0.25) is 0 Å². The zero-order valence-corrected chi connectivity index (χ0v) is 18.3. The third-order valence-electron chi connectivity index (χ3n) is 5.17. The molecule has 0 bridgehead atoms. The third-order valence-corrected chi connectivity index (χ3v) is 5.17. The number of carbonyl (C=O) groups is 1. The maximum absolute atomic E-state index is 11.9. The van der Waals surface area contributed by atoms with Crippen LogP contribution in [0.15, 0.2) is 36.5 Å². The summed E-state index contributed by atoms with van der Waals surface area (Å²) in [5, 5.41) is 0. The fourth-order valence-electron chi connectivity index (χ4n) is 3.16. The molecule has 0 aliphatic heterocycles. The fourth-order valence-corrected chi connectivity index (χ4v) is 3.16. The van der Waals surface area contributed by atoms with Gasteiger partial charge in [0.2, 0.25) is 0 Å². The number of allylic oxidation sites excluding steroid dienone is 3. The van der Waals surface area contributed by atoms with E-state index in [2.05, 4.69) is 66.6 Å². The molecule has 0 saturated heterocycles. The molecule has 1 aliphatic rings. The molecule has 0 fully saturated rings. The Bertz CT molecular complexity index is 492. The molecule has 0 N–H and O–H groups in total. The molecule has 0 heterocycles. The highest BCUT2D eigenvalue weighted by Crippen LogP contribution is 2.41. The number of likely N-dealkylation sites (N-methyl/N-ethyl adjacent to an activating group) is 1. The Morgan fingerprint density at radius 2 is 2.12 bits per heavy atom. The molecule has 2 atom stereocenters. The summed E-state index contributed by atoms with van der Waals surface area (Å²) in [7, 11) is 4.14. The van der Waals surface area contributed by atoms with E-state index in [0.29, 0.717) is 22.4 Å². The van der Waals surface area contributed by atoms with Crippen molar-refractivity contribution in [1.82, 2.24) is 0 Å². The van der Waals surface area contributed by atoms with Gasteiger partial charge in [-0.25, -0.2) is 4.79 Å². The van der Waals surface area contributed by atoms with E-state index in [9.17, 15) is 4.79 Å². The number of hydrogen-bond donors (Lipinski definition) is 0. The van der Waals surface area contributed by atoms with Gasteiger partial charge < -0.3 is 33.2 Å². The Kier molecular flexibility index (Phi) is 9.51. The molecule has 0 amide bonds. The van der Waals surface area contributed by atoms with E-state index in [-0.39, 0.29) is 42.6 Å². The Morgan fingerprint density at radius 3 is 2.67 bits per heavy atom. The third kappa shape index (κ3) is 6.71. The highest BCUT2D eigenvalue weighted by Gasteiger charge is 2.32. The van der Waals surface area contributed by atoms with E-state index >= 15 is 0 Å². The molecule has 0 aromatic carbocycles. The van der Waals surface area contributed by atoms with Gasteiger partial charge in [0.25, 0.3) is 0 Å². The second-order valence-corrected chi connectivity index (χ2v) is 7.99. The number of hydrogen-bond acceptors (Lipinski definition) is 2. The van der Waals surface area contributed by atoms with Gasteiger partial charge >= 0.3 is 5.97 Å². The smallest absolute Gasteiger partial charge is 0.362 e. The van der Waals surface area contributed by atoms with Gasteiger partial charge in [0.05, 0.1) is 14.1 Å². The predicted molar refractivity (Wildman–Crippen MR) is 97.0 cm³/mol. The molecule has 0 radical (unpaired) electrons. The molecule has 0 aromatic heterocycles. The average molecular weight is 447 g/mol. The molecule has 3 nitrogen and oxygen atoms in total. The Morgan fingerprint density at radius 1 is 1.50 bits per heavy atom. The second kappa shape index (κ2) is 9.76. The molecule has 1 rings (SSSR count). The van der Waals surface area contributed by atoms with Gasteiger partial charge in [-0.15, -0.1) is 0 Å². The van der Waals surface area contributed by atoms with Gasteiger partial charge in [-0.2, -0.15) is 0 Å². The van der Waals surface area contributed by atoms with Gasteiger partial charge in [-0.05, 0) is 38.2 Å². The van der Waals surface area contributed by atoms with Crippen LogP contribution in [0.1, 0.15) is 40.5 Å². The SMILES string of the molecule is C=CCOC(=O)C[N+](C)(C)C(C)C=CC1C(C)=CCCC1(C)C.[I-]. The van der Waals surface area contributed by atoms with Crippen LogP contribution in [0.4, 0.5) is 0 Å². The quantitative estimate of drug-likeness (QED) is 0.253. The van der Waals surface area contributed by atoms with Crippen LogP contribution in [-0.4, -0.2) is 43.7 Å². The lowest BCUT2D eigenvalue weighted by atomic mass is 9.68. The van der Waals surface area contributed by atoms with Crippen LogP contribution in [-0.2, 0) is 9.53 Å². The van der Waals surface area contributed by atoms with E-state index in [4.69, 9.17) is 4.74 Å². The fraction of sp³-hybridized carbons (Fsp3) is 0.650. The summed E-state index contributed by atoms with van der Waals surface area (Å²) >= 11 is 0. The number of nitrogens with zero attached hydrogens (tertiary/aromatic N) is 1. The standard InChI is InChI=1S/C20H34NO2.HI/c1-8-14-23-19(22)15-21(6,7)17(3)11-12-18-16(2)10-9-13-20(18,4)5;/h8,10-12,17-18H,1,9,13-15H2,2-7H3;1H/q+1;/p-1. The van der Waals surface area contributed by atoms with E-state index in [1.165, 1.54) is 18.4 Å². The molecule has 1 aliphatic carbocycles. The van der Waals surface area contributed by atoms with Crippen LogP contribution < -0.4 is 24.0 Å². The number of esters is 1. The molecule has 2 unspecified atom stereocenters. The molecule has 0 saturated carbocycles. The van der Waals surface area contributed by atoms with Crippen molar-refractivity contribution in [3.05, 3.63) is 36.5 Å². The molecule has 0 aromatic rings. The molecular formula is C20H34INO2. The van der Waals surface area contributed by atoms with Crippen molar-refractivity contribution in [1.29, 1.82) is 0 Å². The summed E-state index contributed by atoms with van der Waals surface area (Å²) in [5.41, 5.74) is 1.76. The minimum atomic E-state index is -0.177. The maximum atomic E-state index is 11.9. The van der Waals surface area contributed by atoms with Gasteiger partial charge in [-0.1, -0.05) is 44.2 Å². The lowest BCUT2D eigenvalue weighted by Crippen LogP contribution is -3.00. The van der Waals surface area contributed by atoms with Crippen LogP contribution in [0, 0.1) is 11.3 Å². The van der Waals surface area contributed by atoms with Crippen molar-refractivity contribution in [2.45, 2.75) is 46.6 Å². The largest absolute Gasteiger partial charge is 1.00 e. The van der Waals surface area contributed by atoms with Crippen LogP contribution in [0.3, 0.4) is 0 Å². The summed E-state index contributed by atoms with van der Waals surface area (Å²) in [5.74, 6) is 0.302. The second-order valence-electron chi connectivity index (χ2n) is 7.99. The van der Waals surface area contributed by atoms with Gasteiger partial charge in [-0.3, -0.25) is 0 Å². The zero-order valence-electron chi connectivity index (χ0n) is 16.1. The lowest BCUT2D eigenvalue weighted by molar-refractivity contribution is -0.899. The van der Waals surface area contributed by atoms with E-state index < -0.39 is 0 Å². The highest BCUT2D eigenvalue weighted by molar-refractivity contribution is 5.70. The Balaban J connectivity index is 0.00000529. The van der Waals surface area contributed by atoms with Crippen molar-refractivity contribution < 1.29 is 38.0 Å². The van der Waals surface area contributed by atoms with E-state index in [0.717, 1.165) is 0 Å². The predicted octanol–water partition coefficient (Wildman–Crippen LogP) is 1.12. The number of halogens is 1. The first-order valence-corrected chi connectivity index (χ1v) is 8.54. The van der Waals surface area contributed by atoms with Gasteiger partial charge in [0.1, 0.15) is 12.6 Å². The molecule has 24 heavy (non-hydrogen) atoms. The average Bonchev–Trinajstić information content (AvgIpc) is 2.43. The van der Waals surface area contributed by atoms with Crippen molar-refractivity contribution >= 4 is 5.97 Å². The highest BCUT2D eigenvalue weighted by atomic mass is 127. The minimum Gasteiger partial charge on any atom is -1.00 e. The first-order chi connectivity index (χ1) is 10.6. The number of carbonyl (C=O) groups excluding carboxylic acids is 1. The molecule has 0 spiro atoms. The van der Waals surface area contributed by atoms with Crippen LogP contribution >= 0.6 is 0 Å². The van der Waals surface area contributed by atoms with Crippen molar-refractivity contribution in [2.24, 2.45) is 11.3 Å². The molecule has 4 heteroatoms. The number of rotatable bonds is 7. The van der Waals surface area contributed by atoms with Crippen LogP contribution in [0.25, 0.3) is 0 Å². The first-order valence-electron chi connectivity index (χ1n) is 8.54. The topological polar surface area (TPSA) is 26.3 Å². The van der Waals surface area contributed by atoms with Gasteiger partial charge in [0, 0.05) is 5.92 Å². The minimum absolute atomic E-state index is 0. The Labute approximate surface area is 165 Å². The van der Waals surface area contributed by atoms with Crippen molar-refractivity contribution in [3.8, 4) is 0 Å². The van der Waals surface area contributed by atoms with E-state index in [1.54, 1.807) is 6.08 Å². The maximum Gasteiger partial charge on any atom is 0.362 e. The van der Waals surface area contributed by atoms with Gasteiger partial charge in [0.15, 0.2) is 6.54 Å². The number of ether oxygens (including phenoxy) is 1. The monoisotopic (exact) mass is 447 g/mol. The first kappa shape index (κ1) is 23.4. The zero-order chi connectivity index (χ0) is 17.7. The molecule has 138 valence electrons. The Hall–Kier alpha value is -0.620. The summed E-state index contributed by atoms with van der Waals surface area (Å²) in [6.45, 7) is 13.3. The van der Waals surface area contributed by atoms with Crippen LogP contribution in [0.5, 0.6) is 0 Å². The van der Waals surface area contributed by atoms with E-state index in [1.807, 2.05) is 0 Å². The number of quaternary nitrogens is 1. The summed E-state index contributed by atoms with van der Waals surface area (Å²) < 4.78 is 5.70. The van der Waals surface area contributed by atoms with Crippen molar-refractivity contribution in [3.63, 3.8) is 0 Å². The lowest BCUT2D eigenvalue weighted by Gasteiger charge is -2.38. The van der Waals surface area contributed by atoms with Crippen molar-refractivity contribution in [2.75, 3.05) is 27.2 Å². The summed E-state index contributed by atoms with van der Waals surface area (Å²) in [6, 6.07) is 0.247. The summed E-state index contributed by atoms with van der Waals surface area (Å²) in [4.78, 5) is 11.9. The normalized spacial score (nSPS) is 21.6.